The van der Waals surface area contributed by atoms with Gasteiger partial charge in [-0.15, -0.1) is 0 Å². The molecule has 2 aliphatic carbocycles. The van der Waals surface area contributed by atoms with Crippen LogP contribution in [0.3, 0.4) is 0 Å². The van der Waals surface area contributed by atoms with E-state index in [-0.39, 0.29) is 6.61 Å². The third kappa shape index (κ3) is 1.67. The largest absolute Gasteiger partial charge is 0.392 e. The summed E-state index contributed by atoms with van der Waals surface area (Å²) in [4.78, 5) is 0. The number of hydrogen-bond donors (Lipinski definition) is 1. The van der Waals surface area contributed by atoms with Gasteiger partial charge in [-0.25, -0.2) is 0 Å². The first-order valence-corrected chi connectivity index (χ1v) is 5.61. The molecule has 3 atom stereocenters. The predicted molar refractivity (Wildman–Crippen MR) is 54.4 cm³/mol. The van der Waals surface area contributed by atoms with Crippen LogP contribution >= 0.6 is 0 Å². The molecule has 2 rings (SSSR count). The molecule has 0 aliphatic heterocycles. The normalized spacial score (nSPS) is 38.7. The van der Waals surface area contributed by atoms with E-state index < -0.39 is 0 Å². The van der Waals surface area contributed by atoms with Crippen molar-refractivity contribution < 1.29 is 5.11 Å². The second kappa shape index (κ2) is 3.83. The molecule has 0 saturated heterocycles. The lowest BCUT2D eigenvalue weighted by atomic mass is 9.76. The van der Waals surface area contributed by atoms with Crippen molar-refractivity contribution in [1.82, 2.24) is 0 Å². The minimum atomic E-state index is 0.202. The van der Waals surface area contributed by atoms with E-state index in [1.54, 1.807) is 0 Å². The van der Waals surface area contributed by atoms with Crippen molar-refractivity contribution in [3.63, 3.8) is 0 Å². The first-order valence-electron chi connectivity index (χ1n) is 5.61. The van der Waals surface area contributed by atoms with Crippen LogP contribution in [0.2, 0.25) is 0 Å². The highest BCUT2D eigenvalue weighted by Crippen LogP contribution is 2.47. The molecule has 0 aromatic rings. The zero-order valence-corrected chi connectivity index (χ0v) is 8.34. The molecule has 0 radical (unpaired) electrons. The third-order valence-electron chi connectivity index (χ3n) is 4.06. The molecular weight excluding hydrogens is 160 g/mol. The Morgan fingerprint density at radius 1 is 1.15 bits per heavy atom. The summed E-state index contributed by atoms with van der Waals surface area (Å²) in [6, 6.07) is 0. The Morgan fingerprint density at radius 2 is 1.92 bits per heavy atom. The van der Waals surface area contributed by atoms with Gasteiger partial charge in [0.1, 0.15) is 0 Å². The van der Waals surface area contributed by atoms with E-state index >= 15 is 0 Å². The number of aliphatic hydroxyl groups is 1. The predicted octanol–water partition coefficient (Wildman–Crippen LogP) is 2.75. The monoisotopic (exact) mass is 180 g/mol. The molecule has 74 valence electrons. The van der Waals surface area contributed by atoms with E-state index in [4.69, 9.17) is 5.11 Å². The molecule has 2 fully saturated rings. The molecular formula is C12H20O. The maximum atomic E-state index is 9.09. The average molecular weight is 180 g/mol. The lowest BCUT2D eigenvalue weighted by Crippen LogP contribution is -2.21. The van der Waals surface area contributed by atoms with Crippen LogP contribution in [0, 0.1) is 17.8 Å². The maximum absolute atomic E-state index is 9.09. The fourth-order valence-corrected chi connectivity index (χ4v) is 3.36. The number of aliphatic hydroxyl groups excluding tert-OH is 1. The fourth-order valence-electron chi connectivity index (χ4n) is 3.36. The molecule has 1 N–H and O–H groups in total. The van der Waals surface area contributed by atoms with Crippen molar-refractivity contribution in [1.29, 1.82) is 0 Å². The van der Waals surface area contributed by atoms with Crippen LogP contribution in [-0.4, -0.2) is 11.7 Å². The van der Waals surface area contributed by atoms with Crippen molar-refractivity contribution in [3.8, 4) is 0 Å². The lowest BCUT2D eigenvalue weighted by Gasteiger charge is -2.29. The molecule has 1 heteroatoms. The van der Waals surface area contributed by atoms with Crippen molar-refractivity contribution in [2.45, 2.75) is 38.5 Å². The second-order valence-corrected chi connectivity index (χ2v) is 4.71. The summed E-state index contributed by atoms with van der Waals surface area (Å²) in [5.74, 6) is 2.48. The van der Waals surface area contributed by atoms with Crippen LogP contribution in [0.1, 0.15) is 38.5 Å². The molecule has 13 heavy (non-hydrogen) atoms. The van der Waals surface area contributed by atoms with Gasteiger partial charge in [0.05, 0.1) is 6.61 Å². The highest BCUT2D eigenvalue weighted by Gasteiger charge is 2.37. The summed E-state index contributed by atoms with van der Waals surface area (Å²) in [6.07, 6.45) is 8.31. The molecule has 0 spiro atoms. The van der Waals surface area contributed by atoms with E-state index in [0.717, 1.165) is 17.4 Å². The highest BCUT2D eigenvalue weighted by molar-refractivity contribution is 5.07. The molecule has 0 bridgehead atoms. The van der Waals surface area contributed by atoms with Crippen LogP contribution in [0.5, 0.6) is 0 Å². The Morgan fingerprint density at radius 3 is 2.69 bits per heavy atom. The average Bonchev–Trinajstić information content (AvgIpc) is 2.60. The van der Waals surface area contributed by atoms with Crippen molar-refractivity contribution in [2.24, 2.45) is 17.8 Å². The van der Waals surface area contributed by atoms with Crippen LogP contribution in [0.15, 0.2) is 12.2 Å². The van der Waals surface area contributed by atoms with Crippen LogP contribution in [0.25, 0.3) is 0 Å². The quantitative estimate of drug-likeness (QED) is 0.648. The minimum Gasteiger partial charge on any atom is -0.392 e. The van der Waals surface area contributed by atoms with Gasteiger partial charge in [0, 0.05) is 0 Å². The van der Waals surface area contributed by atoms with Gasteiger partial charge in [0.15, 0.2) is 0 Å². The zero-order chi connectivity index (χ0) is 9.26. The standard InChI is InChI=1S/C12H20O/c1-9(8-13)11-7-6-10-4-2-3-5-12(10)11/h10-13H,1-8H2. The molecule has 3 unspecified atom stereocenters. The number of rotatable bonds is 2. The first kappa shape index (κ1) is 9.26. The van der Waals surface area contributed by atoms with Gasteiger partial charge < -0.3 is 5.11 Å². The Balaban J connectivity index is 2.02. The SMILES string of the molecule is C=C(CO)C1CCC2CCCCC21. The number of hydrogen-bond acceptors (Lipinski definition) is 1. The Hall–Kier alpha value is -0.300. The van der Waals surface area contributed by atoms with Crippen LogP contribution in [-0.2, 0) is 0 Å². The molecule has 2 saturated carbocycles. The van der Waals surface area contributed by atoms with Gasteiger partial charge in [0.25, 0.3) is 0 Å². The zero-order valence-electron chi connectivity index (χ0n) is 8.34. The van der Waals surface area contributed by atoms with E-state index in [1.165, 1.54) is 38.5 Å². The number of fused-ring (bicyclic) bond motifs is 1. The van der Waals surface area contributed by atoms with E-state index in [9.17, 15) is 0 Å². The third-order valence-corrected chi connectivity index (χ3v) is 4.06. The molecule has 0 heterocycles. The van der Waals surface area contributed by atoms with Gasteiger partial charge in [-0.2, -0.15) is 0 Å². The topological polar surface area (TPSA) is 20.2 Å². The fraction of sp³-hybridized carbons (Fsp3) is 0.833. The summed E-state index contributed by atoms with van der Waals surface area (Å²) in [6.45, 7) is 4.20. The summed E-state index contributed by atoms with van der Waals surface area (Å²) in [5, 5.41) is 9.09. The Kier molecular flexibility index (Phi) is 2.73. The van der Waals surface area contributed by atoms with E-state index in [1.807, 2.05) is 0 Å². The molecule has 2 aliphatic rings. The van der Waals surface area contributed by atoms with Gasteiger partial charge in [-0.1, -0.05) is 25.8 Å². The second-order valence-electron chi connectivity index (χ2n) is 4.71. The summed E-state index contributed by atoms with van der Waals surface area (Å²) >= 11 is 0. The van der Waals surface area contributed by atoms with E-state index in [0.29, 0.717) is 5.92 Å². The Labute approximate surface area is 80.8 Å². The van der Waals surface area contributed by atoms with Crippen molar-refractivity contribution >= 4 is 0 Å². The smallest absolute Gasteiger partial charge is 0.0641 e. The van der Waals surface area contributed by atoms with Gasteiger partial charge in [0.2, 0.25) is 0 Å². The summed E-state index contributed by atoms with van der Waals surface area (Å²) in [5.41, 5.74) is 1.09. The Bertz CT molecular complexity index is 197. The van der Waals surface area contributed by atoms with Crippen molar-refractivity contribution in [3.05, 3.63) is 12.2 Å². The van der Waals surface area contributed by atoms with E-state index in [2.05, 4.69) is 6.58 Å². The minimum absolute atomic E-state index is 0.202. The van der Waals surface area contributed by atoms with Crippen LogP contribution in [0.4, 0.5) is 0 Å². The maximum Gasteiger partial charge on any atom is 0.0641 e. The molecule has 1 nitrogen and oxygen atoms in total. The molecule has 0 aromatic heterocycles. The molecule has 0 amide bonds. The summed E-state index contributed by atoms with van der Waals surface area (Å²) < 4.78 is 0. The van der Waals surface area contributed by atoms with Crippen molar-refractivity contribution in [2.75, 3.05) is 6.61 Å². The summed E-state index contributed by atoms with van der Waals surface area (Å²) in [7, 11) is 0. The first-order chi connectivity index (χ1) is 6.33. The lowest BCUT2D eigenvalue weighted by molar-refractivity contribution is 0.229. The highest BCUT2D eigenvalue weighted by atomic mass is 16.3. The van der Waals surface area contributed by atoms with Gasteiger partial charge in [-0.3, -0.25) is 0 Å². The van der Waals surface area contributed by atoms with Gasteiger partial charge >= 0.3 is 0 Å². The van der Waals surface area contributed by atoms with Crippen LogP contribution < -0.4 is 0 Å². The molecule has 0 aromatic carbocycles. The van der Waals surface area contributed by atoms with Gasteiger partial charge in [-0.05, 0) is 42.6 Å².